The van der Waals surface area contributed by atoms with E-state index in [0.717, 1.165) is 11.5 Å². The minimum atomic E-state index is -1.33. The number of fused-ring (bicyclic) bond motifs is 1. The summed E-state index contributed by atoms with van der Waals surface area (Å²) >= 11 is 1.06. The second kappa shape index (κ2) is 10.6. The van der Waals surface area contributed by atoms with Gasteiger partial charge in [0.15, 0.2) is 11.5 Å². The Kier molecular flexibility index (Phi) is 7.53. The molecule has 3 aromatic heterocycles. The van der Waals surface area contributed by atoms with Crippen molar-refractivity contribution in [1.29, 1.82) is 0 Å². The number of aromatic nitrogens is 4. The second-order valence-corrected chi connectivity index (χ2v) is 9.07. The van der Waals surface area contributed by atoms with Gasteiger partial charge in [-0.3, -0.25) is 14.2 Å². The lowest BCUT2D eigenvalue weighted by Crippen LogP contribution is -2.51. The zero-order valence-corrected chi connectivity index (χ0v) is 20.6. The molecule has 3 aromatic rings. The highest BCUT2D eigenvalue weighted by molar-refractivity contribution is 7.08. The molecule has 1 aliphatic rings. The normalized spacial score (nSPS) is 13.9. The molecule has 0 aliphatic carbocycles. The van der Waals surface area contributed by atoms with E-state index in [1.54, 1.807) is 13.0 Å². The number of aryl methyl sites for hydroxylation is 1. The minimum Gasteiger partial charge on any atom is -0.477 e. The number of carbonyl (C=O) groups is 2. The maximum Gasteiger partial charge on any atom is 0.341 e. The van der Waals surface area contributed by atoms with E-state index in [9.17, 15) is 19.5 Å². The Bertz CT molecular complexity index is 1310. The van der Waals surface area contributed by atoms with Gasteiger partial charge in [0.25, 0.3) is 0 Å². The summed E-state index contributed by atoms with van der Waals surface area (Å²) in [4.78, 5) is 48.3. The van der Waals surface area contributed by atoms with Crippen molar-refractivity contribution in [3.8, 4) is 5.13 Å². The number of pyridine rings is 2. The van der Waals surface area contributed by atoms with Gasteiger partial charge in [0.2, 0.25) is 10.6 Å². The molecule has 0 amide bonds. The number of rotatable bonds is 11. The molecule has 0 spiro atoms. The monoisotopic (exact) mass is 501 g/mol. The van der Waals surface area contributed by atoms with Crippen LogP contribution in [-0.2, 0) is 20.9 Å². The number of ether oxygens (including phenoxy) is 2. The van der Waals surface area contributed by atoms with Crippen LogP contribution in [0.15, 0.2) is 17.1 Å². The maximum absolute atomic E-state index is 13.0. The van der Waals surface area contributed by atoms with Crippen molar-refractivity contribution in [3.63, 3.8) is 0 Å². The molecule has 1 saturated heterocycles. The quantitative estimate of drug-likeness (QED) is 0.389. The molecule has 1 fully saturated rings. The number of carbonyl (C=O) groups excluding carboxylic acids is 1. The molecule has 11 nitrogen and oxygen atoms in total. The summed E-state index contributed by atoms with van der Waals surface area (Å²) in [5.41, 5.74) is -0.0882. The van der Waals surface area contributed by atoms with Crippen molar-refractivity contribution in [2.45, 2.75) is 33.3 Å². The highest BCUT2D eigenvalue weighted by atomic mass is 32.1. The fourth-order valence-corrected chi connectivity index (χ4v) is 4.69. The third-order valence-corrected chi connectivity index (χ3v) is 6.64. The van der Waals surface area contributed by atoms with Gasteiger partial charge in [-0.25, -0.2) is 14.8 Å². The van der Waals surface area contributed by atoms with Crippen LogP contribution in [0.25, 0.3) is 16.2 Å². The van der Waals surface area contributed by atoms with Crippen LogP contribution in [0.5, 0.6) is 0 Å². The smallest absolute Gasteiger partial charge is 0.341 e. The number of ketones is 1. The summed E-state index contributed by atoms with van der Waals surface area (Å²) in [6.07, 6.45) is 2.43. The van der Waals surface area contributed by atoms with E-state index >= 15 is 0 Å². The van der Waals surface area contributed by atoms with Gasteiger partial charge in [0.1, 0.15) is 23.8 Å². The summed E-state index contributed by atoms with van der Waals surface area (Å²) in [7, 11) is 1.53. The first-order valence-electron chi connectivity index (χ1n) is 11.3. The van der Waals surface area contributed by atoms with E-state index in [1.165, 1.54) is 17.9 Å². The summed E-state index contributed by atoms with van der Waals surface area (Å²) < 4.78 is 16.1. The van der Waals surface area contributed by atoms with E-state index in [1.807, 2.05) is 11.8 Å². The molecule has 35 heavy (non-hydrogen) atoms. The van der Waals surface area contributed by atoms with E-state index in [0.29, 0.717) is 67.1 Å². The zero-order valence-electron chi connectivity index (χ0n) is 19.8. The number of hydrogen-bond donors (Lipinski definition) is 1. The Balaban J connectivity index is 1.67. The van der Waals surface area contributed by atoms with E-state index in [-0.39, 0.29) is 29.3 Å². The van der Waals surface area contributed by atoms with Crippen molar-refractivity contribution >= 4 is 40.1 Å². The van der Waals surface area contributed by atoms with Gasteiger partial charge in [0, 0.05) is 57.6 Å². The standard InChI is InChI=1S/C23H27N5O6S/c1-4-34-7-5-6-16(29)14-9-27(10-14)18-8-13(2)19-20(30)15(22(31)32)11-28(21(19)25-18)23-24-17(12-33-3)26-35-23/h8,11,14H,4-7,9-10,12H2,1-3H3,(H,31,32). The number of Topliss-reactive ketones (excluding diaryl/α,β-unsaturated/α-hetero) is 1. The Hall–Kier alpha value is -3.22. The summed E-state index contributed by atoms with van der Waals surface area (Å²) in [5, 5.41) is 10.2. The molecule has 1 N–H and O–H groups in total. The second-order valence-electron chi connectivity index (χ2n) is 8.34. The van der Waals surface area contributed by atoms with Crippen LogP contribution in [0.3, 0.4) is 0 Å². The van der Waals surface area contributed by atoms with Crippen LogP contribution < -0.4 is 10.3 Å². The summed E-state index contributed by atoms with van der Waals surface area (Å²) in [6.45, 7) is 6.18. The lowest BCUT2D eigenvalue weighted by molar-refractivity contribution is -0.123. The molecule has 0 aromatic carbocycles. The van der Waals surface area contributed by atoms with Gasteiger partial charge in [-0.15, -0.1) is 0 Å². The molecule has 4 heterocycles. The van der Waals surface area contributed by atoms with Crippen molar-refractivity contribution in [2.75, 3.05) is 38.3 Å². The number of carboxylic acid groups (broad SMARTS) is 1. The van der Waals surface area contributed by atoms with Crippen molar-refractivity contribution in [2.24, 2.45) is 5.92 Å². The largest absolute Gasteiger partial charge is 0.477 e. The molecular formula is C23H27N5O6S. The SMILES string of the molecule is CCOCCCC(=O)C1CN(c2cc(C)c3c(=O)c(C(=O)O)cn(-c4nc(COC)ns4)c3n2)C1. The topological polar surface area (TPSA) is 137 Å². The van der Waals surface area contributed by atoms with Crippen molar-refractivity contribution in [1.82, 2.24) is 18.9 Å². The Morgan fingerprint density at radius 2 is 2.06 bits per heavy atom. The molecule has 4 rings (SSSR count). The molecule has 1 aliphatic heterocycles. The van der Waals surface area contributed by atoms with Gasteiger partial charge in [-0.1, -0.05) is 0 Å². The van der Waals surface area contributed by atoms with E-state index in [4.69, 9.17) is 14.5 Å². The number of anilines is 1. The predicted molar refractivity (Wildman–Crippen MR) is 130 cm³/mol. The van der Waals surface area contributed by atoms with Crippen molar-refractivity contribution in [3.05, 3.63) is 39.4 Å². The Morgan fingerprint density at radius 1 is 1.29 bits per heavy atom. The lowest BCUT2D eigenvalue weighted by atomic mass is 9.92. The van der Waals surface area contributed by atoms with E-state index in [2.05, 4.69) is 9.36 Å². The Labute approximate surface area is 205 Å². The molecule has 0 atom stereocenters. The van der Waals surface area contributed by atoms with Crippen LogP contribution in [0.4, 0.5) is 5.82 Å². The zero-order chi connectivity index (χ0) is 25.1. The van der Waals surface area contributed by atoms with Crippen LogP contribution in [-0.4, -0.2) is 69.2 Å². The summed E-state index contributed by atoms with van der Waals surface area (Å²) in [5.74, 6) is -0.125. The molecule has 186 valence electrons. The molecular weight excluding hydrogens is 474 g/mol. The van der Waals surface area contributed by atoms with Crippen LogP contribution >= 0.6 is 11.5 Å². The van der Waals surface area contributed by atoms with Gasteiger partial charge < -0.3 is 19.5 Å². The van der Waals surface area contributed by atoms with Gasteiger partial charge in [0.05, 0.1) is 11.3 Å². The Morgan fingerprint density at radius 3 is 2.74 bits per heavy atom. The minimum absolute atomic E-state index is 0.0641. The molecule has 12 heteroatoms. The van der Waals surface area contributed by atoms with Crippen molar-refractivity contribution < 1.29 is 24.2 Å². The molecule has 0 radical (unpaired) electrons. The predicted octanol–water partition coefficient (Wildman–Crippen LogP) is 2.21. The highest BCUT2D eigenvalue weighted by Gasteiger charge is 2.33. The maximum atomic E-state index is 13.0. The average molecular weight is 502 g/mol. The van der Waals surface area contributed by atoms with Crippen LogP contribution in [0.1, 0.15) is 41.5 Å². The van der Waals surface area contributed by atoms with Gasteiger partial charge >= 0.3 is 5.97 Å². The lowest BCUT2D eigenvalue weighted by Gasteiger charge is -2.39. The van der Waals surface area contributed by atoms with Crippen LogP contribution in [0, 0.1) is 12.8 Å². The first kappa shape index (κ1) is 24.9. The first-order valence-corrected chi connectivity index (χ1v) is 12.1. The fourth-order valence-electron chi connectivity index (χ4n) is 4.03. The molecule has 0 bridgehead atoms. The third kappa shape index (κ3) is 5.09. The number of hydrogen-bond acceptors (Lipinski definition) is 10. The average Bonchev–Trinajstić information content (AvgIpc) is 3.24. The number of methoxy groups -OCH3 is 1. The van der Waals surface area contributed by atoms with E-state index < -0.39 is 11.4 Å². The van der Waals surface area contributed by atoms with Gasteiger partial charge in [-0.2, -0.15) is 4.37 Å². The van der Waals surface area contributed by atoms with Crippen LogP contribution in [0.2, 0.25) is 0 Å². The molecule has 0 unspecified atom stereocenters. The first-order chi connectivity index (χ1) is 16.8. The van der Waals surface area contributed by atoms with Gasteiger partial charge in [-0.05, 0) is 31.9 Å². The highest BCUT2D eigenvalue weighted by Crippen LogP contribution is 2.29. The number of carboxylic acids is 1. The fraction of sp³-hybridized carbons (Fsp3) is 0.478. The third-order valence-electron chi connectivity index (χ3n) is 5.89. The number of aromatic carboxylic acids is 1. The molecule has 0 saturated carbocycles. The number of nitrogens with zero attached hydrogens (tertiary/aromatic N) is 5. The summed E-state index contributed by atoms with van der Waals surface area (Å²) in [6, 6.07) is 1.76.